The summed E-state index contributed by atoms with van der Waals surface area (Å²) >= 11 is 0. The van der Waals surface area contributed by atoms with Crippen LogP contribution in [0.4, 0.5) is 0 Å². The minimum absolute atomic E-state index is 0.509. The number of nitrogens with one attached hydrogen (secondary N) is 1. The van der Waals surface area contributed by atoms with Crippen LogP contribution in [0.5, 0.6) is 0 Å². The normalized spacial score (nSPS) is 24.3. The zero-order valence-electron chi connectivity index (χ0n) is 6.49. The van der Waals surface area contributed by atoms with Crippen LogP contribution >= 0.6 is 0 Å². The highest BCUT2D eigenvalue weighted by molar-refractivity contribution is 4.97. The Morgan fingerprint density at radius 1 is 1.64 bits per heavy atom. The molecule has 1 unspecified atom stereocenters. The van der Waals surface area contributed by atoms with E-state index in [1.54, 1.807) is 4.68 Å². The van der Waals surface area contributed by atoms with E-state index in [1.165, 1.54) is 0 Å². The largest absolute Gasteiger partial charge is 0.316 e. The summed E-state index contributed by atoms with van der Waals surface area (Å²) < 4.78 is 1.75. The second kappa shape index (κ2) is 2.58. The molecule has 1 aliphatic rings. The van der Waals surface area contributed by atoms with E-state index in [2.05, 4.69) is 20.8 Å². The minimum atomic E-state index is 0.509. The molecule has 1 aliphatic heterocycles. The van der Waals surface area contributed by atoms with Gasteiger partial charge < -0.3 is 5.32 Å². The van der Waals surface area contributed by atoms with Crippen molar-refractivity contribution in [2.24, 2.45) is 7.05 Å². The quantitative estimate of drug-likeness (QED) is 0.579. The molecule has 0 saturated carbocycles. The van der Waals surface area contributed by atoms with Gasteiger partial charge in [0.25, 0.3) is 0 Å². The Hall–Kier alpha value is -0.970. The fraction of sp³-hybridized carbons (Fsp3) is 0.833. The van der Waals surface area contributed by atoms with Gasteiger partial charge in [-0.15, -0.1) is 5.10 Å². The standard InChI is InChI=1S/C6H11N5/c1-11-6(8-9-10-11)5-2-3-7-4-5/h5,7H,2-4H2,1H3. The number of rotatable bonds is 1. The van der Waals surface area contributed by atoms with E-state index in [9.17, 15) is 0 Å². The summed E-state index contributed by atoms with van der Waals surface area (Å²) in [6.07, 6.45) is 1.15. The van der Waals surface area contributed by atoms with Gasteiger partial charge in [-0.25, -0.2) is 4.68 Å². The number of tetrazole rings is 1. The van der Waals surface area contributed by atoms with E-state index in [4.69, 9.17) is 0 Å². The molecule has 1 fully saturated rings. The van der Waals surface area contributed by atoms with Crippen LogP contribution in [0.2, 0.25) is 0 Å². The van der Waals surface area contributed by atoms with Crippen LogP contribution in [0, 0.1) is 0 Å². The van der Waals surface area contributed by atoms with Crippen molar-refractivity contribution in [3.8, 4) is 0 Å². The van der Waals surface area contributed by atoms with Crippen LogP contribution < -0.4 is 5.32 Å². The van der Waals surface area contributed by atoms with Crippen molar-refractivity contribution in [2.75, 3.05) is 13.1 Å². The van der Waals surface area contributed by atoms with Crippen molar-refractivity contribution in [1.29, 1.82) is 0 Å². The predicted molar refractivity (Wildman–Crippen MR) is 39.0 cm³/mol. The number of aromatic nitrogens is 4. The van der Waals surface area contributed by atoms with Crippen LogP contribution in [0.15, 0.2) is 0 Å². The lowest BCUT2D eigenvalue weighted by atomic mass is 10.1. The third kappa shape index (κ3) is 1.11. The molecule has 1 N–H and O–H groups in total. The van der Waals surface area contributed by atoms with Crippen LogP contribution in [-0.4, -0.2) is 33.3 Å². The van der Waals surface area contributed by atoms with Gasteiger partial charge in [-0.1, -0.05) is 0 Å². The molecule has 11 heavy (non-hydrogen) atoms. The third-order valence-electron chi connectivity index (χ3n) is 2.08. The van der Waals surface area contributed by atoms with Gasteiger partial charge in [-0.2, -0.15) is 0 Å². The highest BCUT2D eigenvalue weighted by Gasteiger charge is 2.21. The molecule has 0 aromatic carbocycles. The summed E-state index contributed by atoms with van der Waals surface area (Å²) in [6, 6.07) is 0. The molecular weight excluding hydrogens is 142 g/mol. The number of aryl methyl sites for hydroxylation is 1. The van der Waals surface area contributed by atoms with Gasteiger partial charge in [0, 0.05) is 19.5 Å². The van der Waals surface area contributed by atoms with E-state index < -0.39 is 0 Å². The molecule has 0 spiro atoms. The zero-order valence-corrected chi connectivity index (χ0v) is 6.49. The first-order chi connectivity index (χ1) is 5.38. The summed E-state index contributed by atoms with van der Waals surface area (Å²) in [6.45, 7) is 2.09. The highest BCUT2D eigenvalue weighted by atomic mass is 15.5. The van der Waals surface area contributed by atoms with Crippen LogP contribution in [0.1, 0.15) is 18.2 Å². The average molecular weight is 153 g/mol. The smallest absolute Gasteiger partial charge is 0.155 e. The van der Waals surface area contributed by atoms with Crippen LogP contribution in [0.25, 0.3) is 0 Å². The van der Waals surface area contributed by atoms with Crippen molar-refractivity contribution >= 4 is 0 Å². The summed E-state index contributed by atoms with van der Waals surface area (Å²) in [5.41, 5.74) is 0. The van der Waals surface area contributed by atoms with Gasteiger partial charge in [0.05, 0.1) is 0 Å². The minimum Gasteiger partial charge on any atom is -0.316 e. The van der Waals surface area contributed by atoms with Crippen molar-refractivity contribution in [2.45, 2.75) is 12.3 Å². The van der Waals surface area contributed by atoms with Crippen LogP contribution in [0.3, 0.4) is 0 Å². The zero-order chi connectivity index (χ0) is 7.68. The predicted octanol–water partition coefficient (Wildman–Crippen LogP) is -0.713. The van der Waals surface area contributed by atoms with Crippen molar-refractivity contribution in [1.82, 2.24) is 25.5 Å². The van der Waals surface area contributed by atoms with Crippen molar-refractivity contribution < 1.29 is 0 Å². The molecule has 60 valence electrons. The molecular formula is C6H11N5. The van der Waals surface area contributed by atoms with Gasteiger partial charge in [0.2, 0.25) is 0 Å². The molecule has 2 rings (SSSR count). The Morgan fingerprint density at radius 2 is 2.55 bits per heavy atom. The molecule has 5 heteroatoms. The molecule has 0 bridgehead atoms. The van der Waals surface area contributed by atoms with Gasteiger partial charge >= 0.3 is 0 Å². The average Bonchev–Trinajstić information content (AvgIpc) is 2.55. The number of nitrogens with zero attached hydrogens (tertiary/aromatic N) is 4. The summed E-state index contributed by atoms with van der Waals surface area (Å²) in [7, 11) is 1.88. The van der Waals surface area contributed by atoms with E-state index in [0.717, 1.165) is 25.3 Å². The van der Waals surface area contributed by atoms with Gasteiger partial charge in [0.15, 0.2) is 5.82 Å². The first-order valence-corrected chi connectivity index (χ1v) is 3.81. The summed E-state index contributed by atoms with van der Waals surface area (Å²) in [5, 5.41) is 14.6. The lowest BCUT2D eigenvalue weighted by molar-refractivity contribution is 0.617. The Bertz CT molecular complexity index is 237. The Kier molecular flexibility index (Phi) is 1.58. The maximum Gasteiger partial charge on any atom is 0.155 e. The summed E-state index contributed by atoms with van der Waals surface area (Å²) in [4.78, 5) is 0. The molecule has 2 heterocycles. The maximum atomic E-state index is 3.96. The second-order valence-electron chi connectivity index (χ2n) is 2.85. The topological polar surface area (TPSA) is 55.6 Å². The third-order valence-corrected chi connectivity index (χ3v) is 2.08. The molecule has 1 saturated heterocycles. The van der Waals surface area contributed by atoms with Gasteiger partial charge in [-0.05, 0) is 23.4 Å². The van der Waals surface area contributed by atoms with Gasteiger partial charge in [0.1, 0.15) is 0 Å². The van der Waals surface area contributed by atoms with Crippen molar-refractivity contribution in [3.63, 3.8) is 0 Å². The van der Waals surface area contributed by atoms with Crippen molar-refractivity contribution in [3.05, 3.63) is 5.82 Å². The van der Waals surface area contributed by atoms with E-state index in [0.29, 0.717) is 5.92 Å². The maximum absolute atomic E-state index is 3.96. The number of hydrogen-bond donors (Lipinski definition) is 1. The second-order valence-corrected chi connectivity index (χ2v) is 2.85. The van der Waals surface area contributed by atoms with E-state index in [-0.39, 0.29) is 0 Å². The van der Waals surface area contributed by atoms with Gasteiger partial charge in [-0.3, -0.25) is 0 Å². The lowest BCUT2D eigenvalue weighted by Gasteiger charge is -2.03. The van der Waals surface area contributed by atoms with Crippen LogP contribution in [-0.2, 0) is 7.05 Å². The first-order valence-electron chi connectivity index (χ1n) is 3.81. The molecule has 1 aromatic heterocycles. The molecule has 0 amide bonds. The molecule has 1 atom stereocenters. The molecule has 5 nitrogen and oxygen atoms in total. The first kappa shape index (κ1) is 6.72. The summed E-state index contributed by atoms with van der Waals surface area (Å²) in [5.74, 6) is 1.50. The fourth-order valence-electron chi connectivity index (χ4n) is 1.46. The van der Waals surface area contributed by atoms with E-state index in [1.807, 2.05) is 7.05 Å². The monoisotopic (exact) mass is 153 g/mol. The molecule has 0 aliphatic carbocycles. The SMILES string of the molecule is Cn1nnnc1C1CCNC1. The Labute approximate surface area is 64.8 Å². The molecule has 1 aromatic rings. The number of hydrogen-bond acceptors (Lipinski definition) is 4. The Balaban J connectivity index is 2.21. The highest BCUT2D eigenvalue weighted by Crippen LogP contribution is 2.17. The lowest BCUT2D eigenvalue weighted by Crippen LogP contribution is -2.11. The molecule has 0 radical (unpaired) electrons. The van der Waals surface area contributed by atoms with E-state index >= 15 is 0 Å². The fourth-order valence-corrected chi connectivity index (χ4v) is 1.46. The Morgan fingerprint density at radius 3 is 3.09 bits per heavy atom.